The van der Waals surface area contributed by atoms with Gasteiger partial charge in [0.2, 0.25) is 0 Å². The predicted molar refractivity (Wildman–Crippen MR) is 167 cm³/mol. The van der Waals surface area contributed by atoms with E-state index in [1.165, 1.54) is 19.3 Å². The zero-order chi connectivity index (χ0) is 28.7. The highest BCUT2D eigenvalue weighted by Crippen LogP contribution is 2.16. The SMILES string of the molecule is CC/C=C\C/C=C\C/C=C\C/C=C\C/C=C\C/C=C\CCC(=O)OC(CCCCCC)CCCCCC(=O)O. The molecule has 0 aromatic heterocycles. The minimum absolute atomic E-state index is 0.0375. The van der Waals surface area contributed by atoms with Crippen molar-refractivity contribution in [3.05, 3.63) is 72.9 Å². The molecule has 0 radical (unpaired) electrons. The first-order valence-corrected chi connectivity index (χ1v) is 15.4. The van der Waals surface area contributed by atoms with Crippen LogP contribution in [0.5, 0.6) is 0 Å². The summed E-state index contributed by atoms with van der Waals surface area (Å²) < 4.78 is 5.77. The van der Waals surface area contributed by atoms with Crippen LogP contribution >= 0.6 is 0 Å². The number of rotatable bonds is 26. The molecule has 1 atom stereocenters. The maximum absolute atomic E-state index is 12.3. The number of carboxylic acids is 1. The molecule has 0 aliphatic heterocycles. The second kappa shape index (κ2) is 29.9. The summed E-state index contributed by atoms with van der Waals surface area (Å²) in [5, 5.41) is 8.77. The topological polar surface area (TPSA) is 63.6 Å². The Morgan fingerprint density at radius 1 is 0.590 bits per heavy atom. The number of hydrogen-bond acceptors (Lipinski definition) is 3. The molecule has 220 valence electrons. The van der Waals surface area contributed by atoms with Crippen LogP contribution in [-0.4, -0.2) is 23.1 Å². The number of carbonyl (C=O) groups is 2. The van der Waals surface area contributed by atoms with Crippen molar-refractivity contribution in [2.45, 2.75) is 136 Å². The first-order valence-electron chi connectivity index (χ1n) is 15.4. The van der Waals surface area contributed by atoms with Gasteiger partial charge < -0.3 is 9.84 Å². The Kier molecular flexibility index (Phi) is 27.9. The Labute approximate surface area is 239 Å². The van der Waals surface area contributed by atoms with Crippen molar-refractivity contribution in [3.63, 3.8) is 0 Å². The number of aliphatic carboxylic acids is 1. The quantitative estimate of drug-likeness (QED) is 0.0673. The first kappa shape index (κ1) is 36.4. The minimum atomic E-state index is -0.744. The van der Waals surface area contributed by atoms with Crippen molar-refractivity contribution in [1.29, 1.82) is 0 Å². The van der Waals surface area contributed by atoms with Crippen molar-refractivity contribution in [2.24, 2.45) is 0 Å². The molecule has 1 N–H and O–H groups in total. The predicted octanol–water partition coefficient (Wildman–Crippen LogP) is 10.4. The van der Waals surface area contributed by atoms with Crippen LogP contribution in [0.1, 0.15) is 129 Å². The van der Waals surface area contributed by atoms with Crippen LogP contribution < -0.4 is 0 Å². The van der Waals surface area contributed by atoms with Crippen molar-refractivity contribution in [2.75, 3.05) is 0 Å². The second-order valence-electron chi connectivity index (χ2n) is 9.91. The average molecular weight is 541 g/mol. The first-order chi connectivity index (χ1) is 19.1. The summed E-state index contributed by atoms with van der Waals surface area (Å²) in [5.41, 5.74) is 0. The summed E-state index contributed by atoms with van der Waals surface area (Å²) in [6, 6.07) is 0. The molecule has 1 unspecified atom stereocenters. The van der Waals surface area contributed by atoms with Gasteiger partial charge >= 0.3 is 11.9 Å². The van der Waals surface area contributed by atoms with Gasteiger partial charge in [0.15, 0.2) is 0 Å². The number of hydrogen-bond donors (Lipinski definition) is 1. The minimum Gasteiger partial charge on any atom is -0.481 e. The van der Waals surface area contributed by atoms with Crippen molar-refractivity contribution in [1.82, 2.24) is 0 Å². The molecule has 0 fully saturated rings. The van der Waals surface area contributed by atoms with Gasteiger partial charge in [0.1, 0.15) is 6.10 Å². The highest BCUT2D eigenvalue weighted by Gasteiger charge is 2.14. The summed E-state index contributed by atoms with van der Waals surface area (Å²) in [7, 11) is 0. The fourth-order valence-electron chi connectivity index (χ4n) is 3.97. The number of carbonyl (C=O) groups excluding carboxylic acids is 1. The molecule has 39 heavy (non-hydrogen) atoms. The fourth-order valence-corrected chi connectivity index (χ4v) is 3.97. The van der Waals surface area contributed by atoms with Crippen LogP contribution in [-0.2, 0) is 14.3 Å². The zero-order valence-corrected chi connectivity index (χ0v) is 24.9. The van der Waals surface area contributed by atoms with Gasteiger partial charge in [-0.1, -0.05) is 112 Å². The second-order valence-corrected chi connectivity index (χ2v) is 9.91. The van der Waals surface area contributed by atoms with Gasteiger partial charge in [0.25, 0.3) is 0 Å². The molecule has 0 amide bonds. The number of carboxylic acid groups (broad SMARTS) is 1. The normalized spacial score (nSPS) is 13.3. The van der Waals surface area contributed by atoms with E-state index in [1.54, 1.807) is 0 Å². The number of ether oxygens (including phenoxy) is 1. The van der Waals surface area contributed by atoms with Crippen molar-refractivity contribution in [3.8, 4) is 0 Å². The molecular weight excluding hydrogens is 484 g/mol. The van der Waals surface area contributed by atoms with E-state index in [0.717, 1.165) is 70.6 Å². The third-order valence-corrected chi connectivity index (χ3v) is 6.21. The van der Waals surface area contributed by atoms with Crippen LogP contribution in [0.25, 0.3) is 0 Å². The molecule has 0 heterocycles. The van der Waals surface area contributed by atoms with Gasteiger partial charge in [0, 0.05) is 12.8 Å². The monoisotopic (exact) mass is 540 g/mol. The van der Waals surface area contributed by atoms with E-state index in [2.05, 4.69) is 86.8 Å². The Balaban J connectivity index is 4.00. The van der Waals surface area contributed by atoms with Gasteiger partial charge in [-0.3, -0.25) is 9.59 Å². The highest BCUT2D eigenvalue weighted by atomic mass is 16.5. The maximum Gasteiger partial charge on any atom is 0.306 e. The van der Waals surface area contributed by atoms with E-state index in [-0.39, 0.29) is 18.5 Å². The molecule has 4 heteroatoms. The largest absolute Gasteiger partial charge is 0.481 e. The zero-order valence-electron chi connectivity index (χ0n) is 24.9. The molecule has 0 aromatic rings. The molecule has 0 rings (SSSR count). The lowest BCUT2D eigenvalue weighted by molar-refractivity contribution is -0.149. The molecule has 0 aliphatic rings. The summed E-state index contributed by atoms with van der Waals surface area (Å²) in [6.07, 6.45) is 42.1. The third-order valence-electron chi connectivity index (χ3n) is 6.21. The average Bonchev–Trinajstić information content (AvgIpc) is 2.91. The summed E-state index contributed by atoms with van der Waals surface area (Å²) in [4.78, 5) is 23.0. The Bertz CT molecular complexity index is 755. The number of unbranched alkanes of at least 4 members (excludes halogenated alkanes) is 5. The lowest BCUT2D eigenvalue weighted by Crippen LogP contribution is -2.18. The standard InChI is InChI=1S/C35H56O4/c1-3-5-7-9-10-11-12-13-14-15-16-17-18-19-20-21-22-23-28-32-35(38)39-33(29-25-8-6-4-2)30-26-24-27-31-34(36)37/h5,7,10-11,13-14,16-17,19-20,22-23,33H,3-4,6,8-9,12,15,18,21,24-32H2,1-2H3,(H,36,37)/b7-5-,11-10-,14-13-,17-16-,20-19-,23-22-. The van der Waals surface area contributed by atoms with Crippen molar-refractivity contribution >= 4 is 11.9 Å². The lowest BCUT2D eigenvalue weighted by Gasteiger charge is -2.18. The molecule has 0 bridgehead atoms. The van der Waals surface area contributed by atoms with Crippen LogP contribution in [0, 0.1) is 0 Å². The fraction of sp³-hybridized carbons (Fsp3) is 0.600. The number of esters is 1. The molecule has 0 spiro atoms. The van der Waals surface area contributed by atoms with Gasteiger partial charge in [-0.25, -0.2) is 0 Å². The Morgan fingerprint density at radius 3 is 1.51 bits per heavy atom. The van der Waals surface area contributed by atoms with Gasteiger partial charge in [-0.15, -0.1) is 0 Å². The van der Waals surface area contributed by atoms with Gasteiger partial charge in [0.05, 0.1) is 0 Å². The molecule has 0 saturated carbocycles. The van der Waals surface area contributed by atoms with E-state index in [1.807, 2.05) is 0 Å². The molecule has 0 aliphatic carbocycles. The van der Waals surface area contributed by atoms with E-state index < -0.39 is 5.97 Å². The van der Waals surface area contributed by atoms with Gasteiger partial charge in [-0.05, 0) is 77.0 Å². The summed E-state index contributed by atoms with van der Waals surface area (Å²) in [5.74, 6) is -0.868. The van der Waals surface area contributed by atoms with Gasteiger partial charge in [-0.2, -0.15) is 0 Å². The Morgan fingerprint density at radius 2 is 1.05 bits per heavy atom. The Hall–Kier alpha value is -2.62. The lowest BCUT2D eigenvalue weighted by atomic mass is 10.0. The van der Waals surface area contributed by atoms with Crippen LogP contribution in [0.15, 0.2) is 72.9 Å². The molecule has 4 nitrogen and oxygen atoms in total. The van der Waals surface area contributed by atoms with Crippen molar-refractivity contribution < 1.29 is 19.4 Å². The number of allylic oxidation sites excluding steroid dienone is 12. The summed E-state index contributed by atoms with van der Waals surface area (Å²) in [6.45, 7) is 4.34. The van der Waals surface area contributed by atoms with Crippen LogP contribution in [0.3, 0.4) is 0 Å². The van der Waals surface area contributed by atoms with E-state index in [0.29, 0.717) is 19.3 Å². The third kappa shape index (κ3) is 29.8. The molecule has 0 saturated heterocycles. The smallest absolute Gasteiger partial charge is 0.306 e. The van der Waals surface area contributed by atoms with Crippen LogP contribution in [0.2, 0.25) is 0 Å². The summed E-state index contributed by atoms with van der Waals surface area (Å²) >= 11 is 0. The molecular formula is C35H56O4. The maximum atomic E-state index is 12.3. The van der Waals surface area contributed by atoms with E-state index in [4.69, 9.17) is 9.84 Å². The van der Waals surface area contributed by atoms with E-state index >= 15 is 0 Å². The highest BCUT2D eigenvalue weighted by molar-refractivity contribution is 5.69. The molecule has 0 aromatic carbocycles. The van der Waals surface area contributed by atoms with Crippen LogP contribution in [0.4, 0.5) is 0 Å². The van der Waals surface area contributed by atoms with E-state index in [9.17, 15) is 9.59 Å².